The highest BCUT2D eigenvalue weighted by atomic mass is 32.2. The Balaban J connectivity index is 3.12. The second-order valence-electron chi connectivity index (χ2n) is 8.97. The summed E-state index contributed by atoms with van der Waals surface area (Å²) in [5.74, 6) is 2.14. The van der Waals surface area contributed by atoms with E-state index in [1.54, 1.807) is 11.1 Å². The highest BCUT2D eigenvalue weighted by Gasteiger charge is 2.24. The fourth-order valence-electron chi connectivity index (χ4n) is 3.80. The molecule has 0 heterocycles. The van der Waals surface area contributed by atoms with E-state index in [0.717, 1.165) is 41.2 Å². The molecule has 36 heavy (non-hydrogen) atoms. The minimum absolute atomic E-state index is 0.0249. The smallest absolute Gasteiger partial charge is 0.230 e. The largest absolute Gasteiger partial charge is 0.547 e. The Kier molecular flexibility index (Phi) is 16.6. The number of hydrogen-bond donors (Lipinski definition) is 1. The Labute approximate surface area is 225 Å². The molecule has 0 radical (unpaired) electrons. The summed E-state index contributed by atoms with van der Waals surface area (Å²) in [6.07, 6.45) is 8.47. The molecule has 1 rings (SSSR count). The van der Waals surface area contributed by atoms with Gasteiger partial charge in [0.25, 0.3) is 0 Å². The zero-order chi connectivity index (χ0) is 26.9. The Hall–Kier alpha value is -1.74. The zero-order valence-corrected chi connectivity index (χ0v) is 25.4. The van der Waals surface area contributed by atoms with E-state index >= 15 is 0 Å². The predicted octanol–water partition coefficient (Wildman–Crippen LogP) is 6.64. The molecule has 0 aliphatic rings. The number of carbonyl (C=O) groups excluding carboxylic acids is 1. The van der Waals surface area contributed by atoms with E-state index in [-0.39, 0.29) is 17.8 Å². The summed E-state index contributed by atoms with van der Waals surface area (Å²) in [7, 11) is 0.582. The standard InChI is InChI=1S/C28H48N2O4SSi/c1-9-14-15-22(10-2)20-30(12-4)27(31)19-28(33-21-29-6)35-26(11-3)24-18-23(34-36(7)8)16-17-25(24)32-13-5/h11-12,16-18,22,28-29,36H,4,9-10,13-15,19-21H2,1-3,5-8H3/b26-11-. The van der Waals surface area contributed by atoms with Gasteiger partial charge in [-0.3, -0.25) is 10.1 Å². The molecule has 0 saturated carbocycles. The lowest BCUT2D eigenvalue weighted by Crippen LogP contribution is -2.33. The first-order chi connectivity index (χ1) is 17.3. The number of benzene rings is 1. The lowest BCUT2D eigenvalue weighted by Gasteiger charge is -2.26. The van der Waals surface area contributed by atoms with Crippen LogP contribution >= 0.6 is 11.8 Å². The molecule has 2 atom stereocenters. The zero-order valence-electron chi connectivity index (χ0n) is 23.5. The van der Waals surface area contributed by atoms with Crippen LogP contribution in [0.4, 0.5) is 0 Å². The quantitative estimate of drug-likeness (QED) is 0.158. The van der Waals surface area contributed by atoms with Crippen LogP contribution in [0.2, 0.25) is 13.1 Å². The molecule has 0 aromatic heterocycles. The van der Waals surface area contributed by atoms with E-state index in [1.807, 2.05) is 45.2 Å². The van der Waals surface area contributed by atoms with Gasteiger partial charge in [0.05, 0.1) is 19.8 Å². The topological polar surface area (TPSA) is 60.0 Å². The Bertz CT molecular complexity index is 819. The molecule has 0 saturated heterocycles. The van der Waals surface area contributed by atoms with Crippen molar-refractivity contribution in [2.75, 3.05) is 26.9 Å². The molecular formula is C28H48N2O4SSi. The maximum absolute atomic E-state index is 13.3. The van der Waals surface area contributed by atoms with Crippen LogP contribution in [0.3, 0.4) is 0 Å². The van der Waals surface area contributed by atoms with Crippen LogP contribution in [0.5, 0.6) is 11.5 Å². The third-order valence-electron chi connectivity index (χ3n) is 5.70. The van der Waals surface area contributed by atoms with Gasteiger partial charge in [-0.15, -0.1) is 0 Å². The summed E-state index contributed by atoms with van der Waals surface area (Å²) in [4.78, 5) is 16.1. The van der Waals surface area contributed by atoms with Crippen LogP contribution in [0.25, 0.3) is 4.91 Å². The molecular weight excluding hydrogens is 488 g/mol. The Morgan fingerprint density at radius 2 is 2.03 bits per heavy atom. The lowest BCUT2D eigenvalue weighted by molar-refractivity contribution is -0.130. The van der Waals surface area contributed by atoms with Gasteiger partial charge in [-0.25, -0.2) is 0 Å². The van der Waals surface area contributed by atoms with E-state index in [4.69, 9.17) is 13.9 Å². The van der Waals surface area contributed by atoms with Crippen molar-refractivity contribution in [3.05, 3.63) is 42.6 Å². The van der Waals surface area contributed by atoms with Crippen LogP contribution in [0.15, 0.2) is 37.1 Å². The van der Waals surface area contributed by atoms with Crippen molar-refractivity contribution in [1.82, 2.24) is 10.2 Å². The summed E-state index contributed by atoms with van der Waals surface area (Å²) in [6.45, 7) is 18.2. The van der Waals surface area contributed by atoms with Gasteiger partial charge in [-0.1, -0.05) is 57.5 Å². The Morgan fingerprint density at radius 1 is 1.28 bits per heavy atom. The van der Waals surface area contributed by atoms with E-state index in [0.29, 0.717) is 25.8 Å². The van der Waals surface area contributed by atoms with E-state index in [9.17, 15) is 4.79 Å². The van der Waals surface area contributed by atoms with Gasteiger partial charge in [0.2, 0.25) is 14.9 Å². The highest BCUT2D eigenvalue weighted by Crippen LogP contribution is 2.40. The third-order valence-corrected chi connectivity index (χ3v) is 7.72. The molecule has 6 nitrogen and oxygen atoms in total. The van der Waals surface area contributed by atoms with Crippen molar-refractivity contribution in [2.24, 2.45) is 5.92 Å². The molecule has 0 aliphatic heterocycles. The molecule has 0 fully saturated rings. The number of rotatable bonds is 19. The van der Waals surface area contributed by atoms with Crippen molar-refractivity contribution in [3.63, 3.8) is 0 Å². The van der Waals surface area contributed by atoms with Crippen molar-refractivity contribution in [1.29, 1.82) is 0 Å². The number of amides is 1. The van der Waals surface area contributed by atoms with Gasteiger partial charge in [0, 0.05) is 17.0 Å². The number of thioether (sulfide) groups is 1. The minimum Gasteiger partial charge on any atom is -0.547 e. The number of carbonyl (C=O) groups is 1. The molecule has 1 N–H and O–H groups in total. The Morgan fingerprint density at radius 3 is 2.58 bits per heavy atom. The second kappa shape index (κ2) is 18.5. The molecule has 204 valence electrons. The fraction of sp³-hybridized carbons (Fsp3) is 0.607. The maximum Gasteiger partial charge on any atom is 0.230 e. The first-order valence-corrected chi connectivity index (χ1v) is 16.9. The highest BCUT2D eigenvalue weighted by molar-refractivity contribution is 8.08. The van der Waals surface area contributed by atoms with Crippen molar-refractivity contribution in [2.45, 2.75) is 78.3 Å². The van der Waals surface area contributed by atoms with Crippen LogP contribution in [-0.4, -0.2) is 52.2 Å². The first kappa shape index (κ1) is 32.3. The number of allylic oxidation sites excluding steroid dienone is 1. The van der Waals surface area contributed by atoms with Crippen LogP contribution in [0, 0.1) is 5.92 Å². The van der Waals surface area contributed by atoms with Gasteiger partial charge in [0.1, 0.15) is 16.9 Å². The first-order valence-electron chi connectivity index (χ1n) is 13.3. The van der Waals surface area contributed by atoms with Gasteiger partial charge in [-0.05, 0) is 70.7 Å². The number of ether oxygens (including phenoxy) is 2. The number of unbranched alkanes of at least 4 members (excludes halogenated alkanes) is 1. The molecule has 0 bridgehead atoms. The van der Waals surface area contributed by atoms with Crippen molar-refractivity contribution < 1.29 is 18.7 Å². The number of nitrogens with one attached hydrogen (secondary N) is 1. The normalized spacial score (nSPS) is 13.4. The average molecular weight is 537 g/mol. The summed E-state index contributed by atoms with van der Waals surface area (Å²) in [5, 5.41) is 3.03. The van der Waals surface area contributed by atoms with Gasteiger partial charge in [0.15, 0.2) is 0 Å². The molecule has 1 aromatic carbocycles. The predicted molar refractivity (Wildman–Crippen MR) is 157 cm³/mol. The van der Waals surface area contributed by atoms with Gasteiger partial charge < -0.3 is 18.8 Å². The summed E-state index contributed by atoms with van der Waals surface area (Å²) >= 11 is 1.54. The minimum atomic E-state index is -1.25. The van der Waals surface area contributed by atoms with Gasteiger partial charge >= 0.3 is 0 Å². The van der Waals surface area contributed by atoms with Crippen LogP contribution in [0.1, 0.15) is 65.4 Å². The van der Waals surface area contributed by atoms with E-state index in [2.05, 4.69) is 38.8 Å². The van der Waals surface area contributed by atoms with Gasteiger partial charge in [-0.2, -0.15) is 0 Å². The monoisotopic (exact) mass is 536 g/mol. The summed E-state index contributed by atoms with van der Waals surface area (Å²) in [5.41, 5.74) is 0.584. The fourth-order valence-corrected chi connectivity index (χ4v) is 5.56. The third kappa shape index (κ3) is 11.5. The molecule has 0 spiro atoms. The molecule has 0 aliphatic carbocycles. The lowest BCUT2D eigenvalue weighted by atomic mass is 9.99. The summed E-state index contributed by atoms with van der Waals surface area (Å²) in [6, 6.07) is 5.96. The molecule has 1 amide bonds. The average Bonchev–Trinajstić information content (AvgIpc) is 2.86. The maximum atomic E-state index is 13.3. The van der Waals surface area contributed by atoms with Crippen LogP contribution in [-0.2, 0) is 9.53 Å². The van der Waals surface area contributed by atoms with Crippen LogP contribution < -0.4 is 14.5 Å². The summed E-state index contributed by atoms with van der Waals surface area (Å²) < 4.78 is 18.1. The van der Waals surface area contributed by atoms with Crippen molar-refractivity contribution in [3.8, 4) is 11.5 Å². The van der Waals surface area contributed by atoms with E-state index in [1.165, 1.54) is 18.2 Å². The molecule has 2 unspecified atom stereocenters. The van der Waals surface area contributed by atoms with E-state index < -0.39 is 9.04 Å². The molecule has 8 heteroatoms. The number of nitrogens with zero attached hydrogens (tertiary/aromatic N) is 1. The SMILES string of the molecule is C=CN(CC(CC)CCCC)C(=O)CC(OCNC)S/C(=C\C)c1cc(O[SiH](C)C)ccc1OCC. The number of hydrogen-bond acceptors (Lipinski definition) is 6. The second-order valence-corrected chi connectivity index (χ2v) is 12.5. The van der Waals surface area contributed by atoms with Crippen molar-refractivity contribution >= 4 is 31.6 Å². The molecule has 1 aromatic rings.